The number of nitrogens with one attached hydrogen (secondary N) is 1. The molecule has 5 rings (SSSR count). The van der Waals surface area contributed by atoms with Gasteiger partial charge in [0.05, 0.1) is 47.6 Å². The van der Waals surface area contributed by atoms with Crippen LogP contribution in [0.3, 0.4) is 0 Å². The maximum atomic E-state index is 13.3. The van der Waals surface area contributed by atoms with Gasteiger partial charge < -0.3 is 5.32 Å². The smallest absolute Gasteiger partial charge is 0.256 e. The van der Waals surface area contributed by atoms with Gasteiger partial charge in [-0.05, 0) is 26.0 Å². The molecule has 1 amide bonds. The summed E-state index contributed by atoms with van der Waals surface area (Å²) in [6, 6.07) is 9.46. The number of hydrogen-bond acceptors (Lipinski definition) is 5. The van der Waals surface area contributed by atoms with Gasteiger partial charge in [0, 0.05) is 48.2 Å². The molecule has 4 heterocycles. The fourth-order valence-electron chi connectivity index (χ4n) is 3.74. The lowest BCUT2D eigenvalue weighted by Gasteiger charge is -2.09. The second-order valence-electron chi connectivity index (χ2n) is 7.74. The van der Waals surface area contributed by atoms with E-state index < -0.39 is 0 Å². The van der Waals surface area contributed by atoms with Crippen LogP contribution in [0.1, 0.15) is 29.8 Å². The van der Waals surface area contributed by atoms with Gasteiger partial charge >= 0.3 is 0 Å². The van der Waals surface area contributed by atoms with E-state index in [9.17, 15) is 4.79 Å². The number of amides is 1. The normalized spacial score (nSPS) is 11.2. The second-order valence-corrected chi connectivity index (χ2v) is 7.74. The van der Waals surface area contributed by atoms with Crippen molar-refractivity contribution in [2.24, 2.45) is 0 Å². The Labute approximate surface area is 190 Å². The summed E-state index contributed by atoms with van der Waals surface area (Å²) in [5.41, 5.74) is 4.57. The van der Waals surface area contributed by atoms with Crippen molar-refractivity contribution >= 4 is 22.5 Å². The largest absolute Gasteiger partial charge is 0.319 e. The number of pyridine rings is 1. The Morgan fingerprint density at radius 3 is 2.45 bits per heavy atom. The maximum Gasteiger partial charge on any atom is 0.256 e. The van der Waals surface area contributed by atoms with Gasteiger partial charge in [-0.2, -0.15) is 15.3 Å². The highest BCUT2D eigenvalue weighted by molar-refractivity contribution is 6.13. The SMILES string of the molecule is CCn1cc(Cn2cc(NC(=O)c3cc(-c4cnn(CC)c4)nc4ccccc34)cn2)cn1. The standard InChI is InChI=1S/C24H24N8O/c1-3-30-13-17(10-25-30)14-32-16-19(12-27-32)28-24(33)21-9-23(18-11-26-31(4-2)15-18)29-22-8-6-5-7-20(21)22/h5-13,15-16H,3-4,14H2,1-2H3,(H,28,33). The van der Waals surface area contributed by atoms with E-state index in [1.54, 1.807) is 17.1 Å². The van der Waals surface area contributed by atoms with E-state index >= 15 is 0 Å². The van der Waals surface area contributed by atoms with Gasteiger partial charge in [0.1, 0.15) is 0 Å². The van der Waals surface area contributed by atoms with Crippen molar-refractivity contribution in [2.75, 3.05) is 5.32 Å². The predicted octanol–water partition coefficient (Wildman–Crippen LogP) is 3.83. The third kappa shape index (κ3) is 4.25. The molecule has 0 bridgehead atoms. The van der Waals surface area contributed by atoms with Crippen molar-refractivity contribution in [2.45, 2.75) is 33.5 Å². The molecule has 5 aromatic rings. The zero-order valence-corrected chi connectivity index (χ0v) is 18.5. The summed E-state index contributed by atoms with van der Waals surface area (Å²) in [7, 11) is 0. The van der Waals surface area contributed by atoms with Crippen LogP contribution in [-0.2, 0) is 19.6 Å². The summed E-state index contributed by atoms with van der Waals surface area (Å²) in [5, 5.41) is 16.8. The highest BCUT2D eigenvalue weighted by Crippen LogP contribution is 2.25. The van der Waals surface area contributed by atoms with Crippen molar-refractivity contribution in [3.05, 3.63) is 78.6 Å². The number of anilines is 1. The molecule has 1 aromatic carbocycles. The van der Waals surface area contributed by atoms with Gasteiger partial charge in [-0.1, -0.05) is 18.2 Å². The lowest BCUT2D eigenvalue weighted by Crippen LogP contribution is -2.12. The van der Waals surface area contributed by atoms with Gasteiger partial charge in [-0.25, -0.2) is 4.98 Å². The first-order chi connectivity index (χ1) is 16.1. The number of carbonyl (C=O) groups is 1. The van der Waals surface area contributed by atoms with Crippen molar-refractivity contribution in [1.82, 2.24) is 34.3 Å². The molecule has 0 spiro atoms. The molecule has 166 valence electrons. The maximum absolute atomic E-state index is 13.3. The summed E-state index contributed by atoms with van der Waals surface area (Å²) in [6.45, 7) is 6.24. The molecule has 0 radical (unpaired) electrons. The van der Waals surface area contributed by atoms with Crippen LogP contribution in [0.2, 0.25) is 0 Å². The van der Waals surface area contributed by atoms with Gasteiger partial charge in [-0.15, -0.1) is 0 Å². The van der Waals surface area contributed by atoms with Crippen LogP contribution in [0.15, 0.2) is 67.5 Å². The highest BCUT2D eigenvalue weighted by Gasteiger charge is 2.16. The van der Waals surface area contributed by atoms with E-state index in [0.717, 1.165) is 35.1 Å². The van der Waals surface area contributed by atoms with Crippen molar-refractivity contribution in [3.63, 3.8) is 0 Å². The van der Waals surface area contributed by atoms with E-state index in [-0.39, 0.29) is 5.91 Å². The number of nitrogens with zero attached hydrogens (tertiary/aromatic N) is 7. The number of aryl methyl sites for hydroxylation is 2. The topological polar surface area (TPSA) is 95.5 Å². The molecule has 1 N–H and O–H groups in total. The van der Waals surface area contributed by atoms with Gasteiger partial charge in [0.25, 0.3) is 5.91 Å². The van der Waals surface area contributed by atoms with Crippen LogP contribution >= 0.6 is 0 Å². The molecule has 0 saturated heterocycles. The van der Waals surface area contributed by atoms with Crippen LogP contribution in [0, 0.1) is 0 Å². The number of rotatable bonds is 7. The number of carbonyl (C=O) groups excluding carboxylic acids is 1. The van der Waals surface area contributed by atoms with E-state index in [4.69, 9.17) is 4.98 Å². The zero-order chi connectivity index (χ0) is 22.8. The van der Waals surface area contributed by atoms with Crippen molar-refractivity contribution in [3.8, 4) is 11.3 Å². The Balaban J connectivity index is 1.41. The number of hydrogen-bond donors (Lipinski definition) is 1. The van der Waals surface area contributed by atoms with Crippen LogP contribution in [0.25, 0.3) is 22.2 Å². The third-order valence-electron chi connectivity index (χ3n) is 5.46. The monoisotopic (exact) mass is 440 g/mol. The first kappa shape index (κ1) is 20.6. The minimum absolute atomic E-state index is 0.212. The van der Waals surface area contributed by atoms with E-state index in [1.807, 2.05) is 78.3 Å². The fraction of sp³-hybridized carbons (Fsp3) is 0.208. The average molecular weight is 441 g/mol. The minimum Gasteiger partial charge on any atom is -0.319 e. The van der Waals surface area contributed by atoms with Crippen LogP contribution in [0.5, 0.6) is 0 Å². The zero-order valence-electron chi connectivity index (χ0n) is 18.5. The Hall–Kier alpha value is -4.27. The lowest BCUT2D eigenvalue weighted by molar-refractivity contribution is 0.102. The molecular formula is C24H24N8O. The van der Waals surface area contributed by atoms with E-state index in [0.29, 0.717) is 23.5 Å². The number of fused-ring (bicyclic) bond motifs is 1. The van der Waals surface area contributed by atoms with Crippen LogP contribution in [0.4, 0.5) is 5.69 Å². The summed E-state index contributed by atoms with van der Waals surface area (Å²) in [5.74, 6) is -0.212. The molecule has 4 aromatic heterocycles. The van der Waals surface area contributed by atoms with E-state index in [1.165, 1.54) is 0 Å². The molecule has 0 saturated carbocycles. The lowest BCUT2D eigenvalue weighted by atomic mass is 10.0. The van der Waals surface area contributed by atoms with Crippen LogP contribution in [-0.4, -0.2) is 40.2 Å². The Morgan fingerprint density at radius 2 is 1.67 bits per heavy atom. The molecule has 0 unspecified atom stereocenters. The molecule has 0 aliphatic carbocycles. The molecular weight excluding hydrogens is 416 g/mol. The summed E-state index contributed by atoms with van der Waals surface area (Å²) in [4.78, 5) is 18.0. The molecule has 9 heteroatoms. The predicted molar refractivity (Wildman–Crippen MR) is 126 cm³/mol. The minimum atomic E-state index is -0.212. The molecule has 0 fully saturated rings. The van der Waals surface area contributed by atoms with Gasteiger partial charge in [0.15, 0.2) is 0 Å². The molecule has 9 nitrogen and oxygen atoms in total. The average Bonchev–Trinajstić information content (AvgIpc) is 3.60. The molecule has 0 aliphatic rings. The second kappa shape index (κ2) is 8.70. The third-order valence-corrected chi connectivity index (χ3v) is 5.46. The Morgan fingerprint density at radius 1 is 0.909 bits per heavy atom. The van der Waals surface area contributed by atoms with Gasteiger partial charge in [-0.3, -0.25) is 18.8 Å². The Bertz CT molecular complexity index is 1430. The summed E-state index contributed by atoms with van der Waals surface area (Å²) in [6.07, 6.45) is 11.0. The van der Waals surface area contributed by atoms with Crippen molar-refractivity contribution < 1.29 is 4.79 Å². The summed E-state index contributed by atoms with van der Waals surface area (Å²) >= 11 is 0. The quantitative estimate of drug-likeness (QED) is 0.415. The van der Waals surface area contributed by atoms with E-state index in [2.05, 4.69) is 20.6 Å². The number of para-hydroxylation sites is 1. The first-order valence-electron chi connectivity index (χ1n) is 10.9. The molecule has 0 aliphatic heterocycles. The molecule has 0 atom stereocenters. The molecule has 33 heavy (non-hydrogen) atoms. The summed E-state index contributed by atoms with van der Waals surface area (Å²) < 4.78 is 5.49. The first-order valence-corrected chi connectivity index (χ1v) is 10.9. The fourth-order valence-corrected chi connectivity index (χ4v) is 3.74. The number of aromatic nitrogens is 7. The van der Waals surface area contributed by atoms with Gasteiger partial charge in [0.2, 0.25) is 0 Å². The van der Waals surface area contributed by atoms with Crippen LogP contribution < -0.4 is 5.32 Å². The van der Waals surface area contributed by atoms with Crippen molar-refractivity contribution in [1.29, 1.82) is 0 Å². The Kier molecular flexibility index (Phi) is 5.43. The number of benzene rings is 1. The highest BCUT2D eigenvalue weighted by atomic mass is 16.1.